The van der Waals surface area contributed by atoms with Gasteiger partial charge in [-0.25, -0.2) is 0 Å². The lowest BCUT2D eigenvalue weighted by atomic mass is 10.3. The van der Waals surface area contributed by atoms with Gasteiger partial charge in [-0.15, -0.1) is 11.8 Å². The Bertz CT molecular complexity index is 614. The summed E-state index contributed by atoms with van der Waals surface area (Å²) in [6.07, 6.45) is 1.11. The van der Waals surface area contributed by atoms with E-state index in [1.165, 1.54) is 6.92 Å². The quantitative estimate of drug-likeness (QED) is 0.675. The van der Waals surface area contributed by atoms with Crippen molar-refractivity contribution in [3.63, 3.8) is 0 Å². The molecule has 1 saturated carbocycles. The third kappa shape index (κ3) is 5.88. The van der Waals surface area contributed by atoms with Gasteiger partial charge in [-0.05, 0) is 33.6 Å². The number of hydrogen-bond donors (Lipinski definition) is 2. The maximum atomic E-state index is 12.0. The fourth-order valence-electron chi connectivity index (χ4n) is 1.75. The summed E-state index contributed by atoms with van der Waals surface area (Å²) in [5.74, 6) is -0.211. The molecule has 9 heteroatoms. The van der Waals surface area contributed by atoms with Gasteiger partial charge in [0, 0.05) is 12.1 Å². The number of nitrogens with zero attached hydrogens (tertiary/aromatic N) is 1. The predicted octanol–water partition coefficient (Wildman–Crippen LogP) is 1.25. The Hall–Kier alpha value is -2.03. The number of rotatable bonds is 8. The van der Waals surface area contributed by atoms with Crippen LogP contribution in [-0.2, 0) is 19.1 Å². The largest absolute Gasteiger partial charge is 0.452 e. The molecule has 8 nitrogen and oxygen atoms in total. The number of aromatic nitrogens is 1. The zero-order chi connectivity index (χ0) is 17.7. The van der Waals surface area contributed by atoms with Crippen molar-refractivity contribution in [2.45, 2.75) is 51.0 Å². The number of aryl methyl sites for hydroxylation is 1. The van der Waals surface area contributed by atoms with E-state index in [2.05, 4.69) is 15.8 Å². The van der Waals surface area contributed by atoms with E-state index in [4.69, 9.17) is 9.26 Å². The van der Waals surface area contributed by atoms with Crippen molar-refractivity contribution in [3.8, 4) is 0 Å². The molecular formula is C15H21N3O5S. The highest BCUT2D eigenvalue weighted by Crippen LogP contribution is 2.19. The van der Waals surface area contributed by atoms with Crippen LogP contribution < -0.4 is 10.6 Å². The van der Waals surface area contributed by atoms with E-state index in [9.17, 15) is 14.4 Å². The van der Waals surface area contributed by atoms with Crippen LogP contribution in [0.2, 0.25) is 0 Å². The molecule has 2 rings (SSSR count). The fraction of sp³-hybridized carbons (Fsp3) is 0.600. The minimum Gasteiger partial charge on any atom is -0.452 e. The molecule has 0 aromatic carbocycles. The Balaban J connectivity index is 1.67. The van der Waals surface area contributed by atoms with Crippen LogP contribution in [0.3, 0.4) is 0 Å². The summed E-state index contributed by atoms with van der Waals surface area (Å²) < 4.78 is 9.92. The molecule has 132 valence electrons. The summed E-state index contributed by atoms with van der Waals surface area (Å²) in [5.41, 5.74) is 0. The lowest BCUT2D eigenvalue weighted by molar-refractivity contribution is -0.152. The molecule has 1 aliphatic carbocycles. The van der Waals surface area contributed by atoms with E-state index in [1.54, 1.807) is 19.9 Å². The number of ether oxygens (including phenoxy) is 1. The van der Waals surface area contributed by atoms with Crippen LogP contribution in [0.4, 0.5) is 5.82 Å². The molecule has 1 aromatic heterocycles. The van der Waals surface area contributed by atoms with E-state index in [0.29, 0.717) is 11.6 Å². The van der Waals surface area contributed by atoms with Gasteiger partial charge in [0.15, 0.2) is 11.9 Å². The van der Waals surface area contributed by atoms with E-state index in [1.807, 2.05) is 0 Å². The second-order valence-corrected chi connectivity index (χ2v) is 7.01. The SMILES string of the molecule is Cc1cc(NC(=O)[C@@H](C)SCC(=O)O[C@H](C)C(=O)NC2CC2)no1. The van der Waals surface area contributed by atoms with Crippen LogP contribution >= 0.6 is 11.8 Å². The monoisotopic (exact) mass is 355 g/mol. The molecule has 0 saturated heterocycles. The van der Waals surface area contributed by atoms with Crippen molar-refractivity contribution in [1.82, 2.24) is 10.5 Å². The minimum atomic E-state index is -0.832. The molecule has 1 fully saturated rings. The smallest absolute Gasteiger partial charge is 0.316 e. The Morgan fingerprint density at radius 2 is 2.08 bits per heavy atom. The van der Waals surface area contributed by atoms with Gasteiger partial charge in [-0.2, -0.15) is 0 Å². The van der Waals surface area contributed by atoms with Crippen molar-refractivity contribution >= 4 is 35.4 Å². The van der Waals surface area contributed by atoms with Crippen LogP contribution in [0, 0.1) is 6.92 Å². The van der Waals surface area contributed by atoms with Gasteiger partial charge >= 0.3 is 5.97 Å². The molecule has 1 heterocycles. The molecule has 0 spiro atoms. The number of carbonyl (C=O) groups is 3. The van der Waals surface area contributed by atoms with Gasteiger partial charge in [0.1, 0.15) is 5.76 Å². The Morgan fingerprint density at radius 1 is 1.38 bits per heavy atom. The lowest BCUT2D eigenvalue weighted by Crippen LogP contribution is -2.37. The van der Waals surface area contributed by atoms with Crippen LogP contribution in [0.5, 0.6) is 0 Å². The lowest BCUT2D eigenvalue weighted by Gasteiger charge is -2.14. The van der Waals surface area contributed by atoms with E-state index < -0.39 is 17.3 Å². The van der Waals surface area contributed by atoms with Crippen molar-refractivity contribution in [3.05, 3.63) is 11.8 Å². The van der Waals surface area contributed by atoms with E-state index in [0.717, 1.165) is 24.6 Å². The molecule has 24 heavy (non-hydrogen) atoms. The van der Waals surface area contributed by atoms with Crippen molar-refractivity contribution in [2.75, 3.05) is 11.1 Å². The van der Waals surface area contributed by atoms with Crippen LogP contribution in [0.25, 0.3) is 0 Å². The first-order chi connectivity index (χ1) is 11.3. The highest BCUT2D eigenvalue weighted by Gasteiger charge is 2.27. The third-order valence-electron chi connectivity index (χ3n) is 3.30. The van der Waals surface area contributed by atoms with Crippen molar-refractivity contribution in [1.29, 1.82) is 0 Å². The van der Waals surface area contributed by atoms with Gasteiger partial charge in [-0.3, -0.25) is 14.4 Å². The first-order valence-corrected chi connectivity index (χ1v) is 8.75. The molecular weight excluding hydrogens is 334 g/mol. The van der Waals surface area contributed by atoms with Gasteiger partial charge in [0.2, 0.25) is 5.91 Å². The average Bonchev–Trinajstić information content (AvgIpc) is 3.25. The zero-order valence-corrected chi connectivity index (χ0v) is 14.6. The van der Waals surface area contributed by atoms with E-state index >= 15 is 0 Å². The van der Waals surface area contributed by atoms with Crippen LogP contribution in [-0.4, -0.2) is 46.1 Å². The summed E-state index contributed by atoms with van der Waals surface area (Å²) >= 11 is 1.12. The molecule has 1 aliphatic rings. The first kappa shape index (κ1) is 18.3. The number of carbonyl (C=O) groups excluding carboxylic acids is 3. The number of anilines is 1. The molecule has 2 amide bonds. The first-order valence-electron chi connectivity index (χ1n) is 7.71. The van der Waals surface area contributed by atoms with Crippen molar-refractivity contribution < 1.29 is 23.6 Å². The van der Waals surface area contributed by atoms with Gasteiger partial charge in [0.25, 0.3) is 5.91 Å². The highest BCUT2D eigenvalue weighted by atomic mass is 32.2. The second-order valence-electron chi connectivity index (χ2n) is 5.68. The molecule has 0 radical (unpaired) electrons. The van der Waals surface area contributed by atoms with E-state index in [-0.39, 0.29) is 23.6 Å². The maximum Gasteiger partial charge on any atom is 0.316 e. The normalized spacial score (nSPS) is 16.1. The number of thioether (sulfide) groups is 1. The zero-order valence-electron chi connectivity index (χ0n) is 13.8. The summed E-state index contributed by atoms with van der Waals surface area (Å²) in [5, 5.41) is 8.55. The number of esters is 1. The summed E-state index contributed by atoms with van der Waals surface area (Å²) in [4.78, 5) is 35.4. The Kier molecular flexibility index (Phi) is 6.24. The molecule has 0 aliphatic heterocycles. The number of hydrogen-bond acceptors (Lipinski definition) is 7. The number of amides is 2. The third-order valence-corrected chi connectivity index (χ3v) is 4.42. The summed E-state index contributed by atoms with van der Waals surface area (Å²) in [6, 6.07) is 1.82. The Labute approximate surface area is 144 Å². The van der Waals surface area contributed by atoms with Gasteiger partial charge < -0.3 is 19.9 Å². The Morgan fingerprint density at radius 3 is 2.67 bits per heavy atom. The maximum absolute atomic E-state index is 12.0. The summed E-state index contributed by atoms with van der Waals surface area (Å²) in [7, 11) is 0. The summed E-state index contributed by atoms with van der Waals surface area (Å²) in [6.45, 7) is 4.92. The predicted molar refractivity (Wildman–Crippen MR) is 88.5 cm³/mol. The van der Waals surface area contributed by atoms with Crippen molar-refractivity contribution in [2.24, 2.45) is 0 Å². The second kappa shape index (κ2) is 8.18. The topological polar surface area (TPSA) is 111 Å². The minimum absolute atomic E-state index is 0.0204. The standard InChI is InChI=1S/C15H21N3O5S/c1-8-6-12(18-23-8)17-15(21)10(3)24-7-13(19)22-9(2)14(20)16-11-4-5-11/h6,9-11H,4-5,7H2,1-3H3,(H,16,20)(H,17,18,21)/t9-,10-/m1/s1. The molecule has 0 bridgehead atoms. The number of nitrogens with one attached hydrogen (secondary N) is 2. The fourth-order valence-corrected chi connectivity index (χ4v) is 2.42. The molecule has 2 N–H and O–H groups in total. The molecule has 2 atom stereocenters. The molecule has 0 unspecified atom stereocenters. The molecule has 1 aromatic rings. The van der Waals surface area contributed by atoms with Crippen LogP contribution in [0.15, 0.2) is 10.6 Å². The van der Waals surface area contributed by atoms with Crippen LogP contribution in [0.1, 0.15) is 32.4 Å². The van der Waals surface area contributed by atoms with Gasteiger partial charge in [-0.1, -0.05) is 5.16 Å². The average molecular weight is 355 g/mol. The van der Waals surface area contributed by atoms with Gasteiger partial charge in [0.05, 0.1) is 11.0 Å². The highest BCUT2D eigenvalue weighted by molar-refractivity contribution is 8.01.